The third-order valence-corrected chi connectivity index (χ3v) is 3.27. The molecule has 3 rings (SSSR count). The van der Waals surface area contributed by atoms with Crippen LogP contribution in [0.1, 0.15) is 12.6 Å². The van der Waals surface area contributed by atoms with E-state index < -0.39 is 0 Å². The second-order valence-electron chi connectivity index (χ2n) is 4.60. The fourth-order valence-electron chi connectivity index (χ4n) is 2.28. The number of anilines is 1. The van der Waals surface area contributed by atoms with Gasteiger partial charge in [-0.3, -0.25) is 0 Å². The maximum atomic E-state index is 13.8. The van der Waals surface area contributed by atoms with Crippen LogP contribution in [0.15, 0.2) is 42.5 Å². The summed E-state index contributed by atoms with van der Waals surface area (Å²) in [6.07, 6.45) is 0.777. The summed E-state index contributed by atoms with van der Waals surface area (Å²) in [6.45, 7) is 2.01. The van der Waals surface area contributed by atoms with E-state index in [9.17, 15) is 4.39 Å². The van der Waals surface area contributed by atoms with E-state index in [1.165, 1.54) is 6.07 Å². The van der Waals surface area contributed by atoms with Gasteiger partial charge in [-0.25, -0.2) is 14.4 Å². The average molecular weight is 267 g/mol. The van der Waals surface area contributed by atoms with Crippen LogP contribution in [0, 0.1) is 5.82 Å². The molecule has 0 aliphatic carbocycles. The van der Waals surface area contributed by atoms with Crippen LogP contribution in [-0.4, -0.2) is 9.97 Å². The lowest BCUT2D eigenvalue weighted by molar-refractivity contribution is 0.640. The Kier molecular flexibility index (Phi) is 3.06. The molecule has 20 heavy (non-hydrogen) atoms. The van der Waals surface area contributed by atoms with Crippen LogP contribution in [0.25, 0.3) is 22.2 Å². The number of aromatic nitrogens is 2. The summed E-state index contributed by atoms with van der Waals surface area (Å²) in [4.78, 5) is 8.76. The van der Waals surface area contributed by atoms with Gasteiger partial charge in [-0.2, -0.15) is 0 Å². The lowest BCUT2D eigenvalue weighted by Crippen LogP contribution is -2.00. The fraction of sp³-hybridized carbons (Fsp3) is 0.125. The molecule has 0 saturated carbocycles. The Morgan fingerprint density at radius 2 is 1.80 bits per heavy atom. The van der Waals surface area contributed by atoms with Crippen molar-refractivity contribution >= 4 is 16.6 Å². The van der Waals surface area contributed by atoms with E-state index in [1.807, 2.05) is 25.1 Å². The van der Waals surface area contributed by atoms with Crippen LogP contribution in [0.2, 0.25) is 0 Å². The molecule has 0 aliphatic rings. The fourth-order valence-corrected chi connectivity index (χ4v) is 2.28. The molecular formula is C16H14FN3. The number of nitrogen functional groups attached to an aromatic ring is 1. The van der Waals surface area contributed by atoms with Gasteiger partial charge in [0.15, 0.2) is 5.82 Å². The summed E-state index contributed by atoms with van der Waals surface area (Å²) >= 11 is 0. The predicted octanol–water partition coefficient (Wildman–Crippen LogP) is 3.58. The molecule has 0 bridgehead atoms. The summed E-state index contributed by atoms with van der Waals surface area (Å²) in [5, 5.41) is 1.36. The van der Waals surface area contributed by atoms with Crippen LogP contribution >= 0.6 is 0 Å². The van der Waals surface area contributed by atoms with Crippen molar-refractivity contribution in [1.29, 1.82) is 0 Å². The minimum absolute atomic E-state index is 0.246. The van der Waals surface area contributed by atoms with Gasteiger partial charge in [0.1, 0.15) is 11.6 Å². The molecule has 0 atom stereocenters. The number of nitrogens with two attached hydrogens (primary N) is 1. The molecular weight excluding hydrogens is 253 g/mol. The number of benzene rings is 2. The highest BCUT2D eigenvalue weighted by Gasteiger charge is 2.10. The Labute approximate surface area is 116 Å². The molecule has 0 radical (unpaired) electrons. The zero-order valence-electron chi connectivity index (χ0n) is 11.1. The van der Waals surface area contributed by atoms with Gasteiger partial charge >= 0.3 is 0 Å². The quantitative estimate of drug-likeness (QED) is 0.772. The van der Waals surface area contributed by atoms with E-state index in [4.69, 9.17) is 5.73 Å². The molecule has 3 nitrogen and oxygen atoms in total. The number of hydrogen-bond acceptors (Lipinski definition) is 3. The second kappa shape index (κ2) is 4.89. The largest absolute Gasteiger partial charge is 0.384 e. The number of hydrogen-bond donors (Lipinski definition) is 1. The normalized spacial score (nSPS) is 10.9. The number of halogens is 1. The molecule has 2 aromatic carbocycles. The van der Waals surface area contributed by atoms with Gasteiger partial charge in [-0.1, -0.05) is 31.2 Å². The van der Waals surface area contributed by atoms with E-state index in [0.29, 0.717) is 17.0 Å². The van der Waals surface area contributed by atoms with E-state index in [0.717, 1.165) is 23.1 Å². The average Bonchev–Trinajstić information content (AvgIpc) is 2.47. The highest BCUT2D eigenvalue weighted by atomic mass is 19.1. The minimum atomic E-state index is -0.246. The minimum Gasteiger partial charge on any atom is -0.384 e. The van der Waals surface area contributed by atoms with Crippen LogP contribution in [0.5, 0.6) is 0 Å². The molecule has 0 unspecified atom stereocenters. The van der Waals surface area contributed by atoms with Crippen molar-refractivity contribution in [2.75, 3.05) is 5.73 Å². The van der Waals surface area contributed by atoms with Crippen molar-refractivity contribution < 1.29 is 4.39 Å². The summed E-state index contributed by atoms with van der Waals surface area (Å²) in [5.74, 6) is 0.724. The molecule has 2 N–H and O–H groups in total. The Morgan fingerprint density at radius 1 is 1.05 bits per heavy atom. The van der Waals surface area contributed by atoms with Crippen molar-refractivity contribution in [3.63, 3.8) is 0 Å². The lowest BCUT2D eigenvalue weighted by atomic mass is 10.0. The van der Waals surface area contributed by atoms with E-state index >= 15 is 0 Å². The van der Waals surface area contributed by atoms with Gasteiger partial charge in [-0.15, -0.1) is 0 Å². The lowest BCUT2D eigenvalue weighted by Gasteiger charge is -2.08. The maximum absolute atomic E-state index is 13.8. The van der Waals surface area contributed by atoms with Gasteiger partial charge in [0.2, 0.25) is 0 Å². The van der Waals surface area contributed by atoms with Crippen LogP contribution in [0.3, 0.4) is 0 Å². The van der Waals surface area contributed by atoms with Gasteiger partial charge in [0, 0.05) is 22.7 Å². The van der Waals surface area contributed by atoms with Crippen molar-refractivity contribution in [3.8, 4) is 11.4 Å². The SMILES string of the molecule is CCc1cc(N)nc(-c2ccc(F)c3ccccc23)n1. The number of aryl methyl sites for hydroxylation is 1. The first-order valence-corrected chi connectivity index (χ1v) is 6.50. The molecule has 4 heteroatoms. The topological polar surface area (TPSA) is 51.8 Å². The molecule has 3 aromatic rings. The molecule has 0 saturated heterocycles. The summed E-state index contributed by atoms with van der Waals surface area (Å²) in [7, 11) is 0. The smallest absolute Gasteiger partial charge is 0.162 e. The van der Waals surface area contributed by atoms with Gasteiger partial charge in [0.05, 0.1) is 0 Å². The monoisotopic (exact) mass is 267 g/mol. The van der Waals surface area contributed by atoms with Crippen molar-refractivity contribution in [1.82, 2.24) is 9.97 Å². The van der Waals surface area contributed by atoms with E-state index in [1.54, 1.807) is 18.2 Å². The van der Waals surface area contributed by atoms with Crippen molar-refractivity contribution in [2.24, 2.45) is 0 Å². The molecule has 0 spiro atoms. The summed E-state index contributed by atoms with van der Waals surface area (Å²) in [6, 6.07) is 12.2. The predicted molar refractivity (Wildman–Crippen MR) is 78.7 cm³/mol. The Bertz CT molecular complexity index is 784. The second-order valence-corrected chi connectivity index (χ2v) is 4.60. The Morgan fingerprint density at radius 3 is 2.55 bits per heavy atom. The first-order valence-electron chi connectivity index (χ1n) is 6.50. The molecule has 0 aliphatic heterocycles. The first kappa shape index (κ1) is 12.5. The summed E-state index contributed by atoms with van der Waals surface area (Å²) < 4.78 is 13.8. The number of nitrogens with zero attached hydrogens (tertiary/aromatic N) is 2. The molecule has 0 amide bonds. The van der Waals surface area contributed by atoms with E-state index in [-0.39, 0.29) is 5.82 Å². The number of rotatable bonds is 2. The molecule has 0 fully saturated rings. The summed E-state index contributed by atoms with van der Waals surface area (Å²) in [5.41, 5.74) is 7.49. The molecule has 1 heterocycles. The van der Waals surface area contributed by atoms with Crippen molar-refractivity contribution in [3.05, 3.63) is 54.0 Å². The zero-order valence-corrected chi connectivity index (χ0v) is 11.1. The maximum Gasteiger partial charge on any atom is 0.162 e. The zero-order chi connectivity index (χ0) is 14.1. The highest BCUT2D eigenvalue weighted by molar-refractivity contribution is 5.95. The van der Waals surface area contributed by atoms with Crippen LogP contribution in [0.4, 0.5) is 10.2 Å². The third-order valence-electron chi connectivity index (χ3n) is 3.27. The Hall–Kier alpha value is -2.49. The number of fused-ring (bicyclic) bond motifs is 1. The van der Waals surface area contributed by atoms with Gasteiger partial charge in [-0.05, 0) is 23.9 Å². The Balaban J connectivity index is 2.30. The van der Waals surface area contributed by atoms with E-state index in [2.05, 4.69) is 9.97 Å². The van der Waals surface area contributed by atoms with Crippen molar-refractivity contribution in [2.45, 2.75) is 13.3 Å². The highest BCUT2D eigenvalue weighted by Crippen LogP contribution is 2.28. The molecule has 100 valence electrons. The standard InChI is InChI=1S/C16H14FN3/c1-2-10-9-15(18)20-16(19-10)13-7-8-14(17)12-6-4-3-5-11(12)13/h3-9H,2H2,1H3,(H2,18,19,20). The third kappa shape index (κ3) is 2.09. The van der Waals surface area contributed by atoms with Gasteiger partial charge < -0.3 is 5.73 Å². The van der Waals surface area contributed by atoms with Gasteiger partial charge in [0.25, 0.3) is 0 Å². The first-order chi connectivity index (χ1) is 9.69. The molecule has 1 aromatic heterocycles. The van der Waals surface area contributed by atoms with Crippen LogP contribution < -0.4 is 5.73 Å². The van der Waals surface area contributed by atoms with Crippen LogP contribution in [-0.2, 0) is 6.42 Å².